The van der Waals surface area contributed by atoms with E-state index in [-0.39, 0.29) is 11.3 Å². The highest BCUT2D eigenvalue weighted by Crippen LogP contribution is 2.29. The highest BCUT2D eigenvalue weighted by molar-refractivity contribution is 7.91. The van der Waals surface area contributed by atoms with E-state index in [2.05, 4.69) is 4.90 Å². The SMILES string of the molecule is CS(=O)(=O)C1CCCC(N2CCOCC2CN)C1. The molecule has 1 aliphatic carbocycles. The van der Waals surface area contributed by atoms with E-state index >= 15 is 0 Å². The first-order chi connectivity index (χ1) is 8.52. The Morgan fingerprint density at radius 2 is 2.17 bits per heavy atom. The highest BCUT2D eigenvalue weighted by Gasteiger charge is 2.35. The largest absolute Gasteiger partial charge is 0.378 e. The maximum atomic E-state index is 11.7. The zero-order chi connectivity index (χ0) is 13.2. The van der Waals surface area contributed by atoms with Gasteiger partial charge in [0, 0.05) is 31.4 Å². The normalized spacial score (nSPS) is 35.6. The lowest BCUT2D eigenvalue weighted by atomic mass is 9.92. The lowest BCUT2D eigenvalue weighted by molar-refractivity contribution is -0.0321. The predicted molar refractivity (Wildman–Crippen MR) is 71.3 cm³/mol. The second kappa shape index (κ2) is 5.86. The summed E-state index contributed by atoms with van der Waals surface area (Å²) in [7, 11) is -2.91. The minimum Gasteiger partial charge on any atom is -0.378 e. The van der Waals surface area contributed by atoms with E-state index in [1.807, 2.05) is 0 Å². The molecule has 1 saturated carbocycles. The van der Waals surface area contributed by atoms with Crippen molar-refractivity contribution >= 4 is 9.84 Å². The van der Waals surface area contributed by atoms with E-state index in [1.54, 1.807) is 0 Å². The van der Waals surface area contributed by atoms with Crippen molar-refractivity contribution in [1.82, 2.24) is 4.90 Å². The fourth-order valence-corrected chi connectivity index (χ4v) is 4.33. The van der Waals surface area contributed by atoms with Gasteiger partial charge in [0.15, 0.2) is 0 Å². The number of hydrogen-bond acceptors (Lipinski definition) is 5. The van der Waals surface area contributed by atoms with Crippen LogP contribution in [0.4, 0.5) is 0 Å². The van der Waals surface area contributed by atoms with Crippen LogP contribution in [0, 0.1) is 0 Å². The van der Waals surface area contributed by atoms with Gasteiger partial charge in [-0.05, 0) is 19.3 Å². The van der Waals surface area contributed by atoms with Gasteiger partial charge in [-0.25, -0.2) is 8.42 Å². The second-order valence-corrected chi connectivity index (χ2v) is 7.80. The number of nitrogens with zero attached hydrogens (tertiary/aromatic N) is 1. The molecule has 18 heavy (non-hydrogen) atoms. The maximum absolute atomic E-state index is 11.7. The molecule has 0 aromatic heterocycles. The van der Waals surface area contributed by atoms with Gasteiger partial charge in [-0.15, -0.1) is 0 Å². The quantitative estimate of drug-likeness (QED) is 0.785. The van der Waals surface area contributed by atoms with Crippen molar-refractivity contribution in [3.8, 4) is 0 Å². The van der Waals surface area contributed by atoms with Gasteiger partial charge in [0.05, 0.1) is 18.5 Å². The van der Waals surface area contributed by atoms with Crippen LogP contribution < -0.4 is 5.73 Å². The van der Waals surface area contributed by atoms with E-state index in [1.165, 1.54) is 6.26 Å². The topological polar surface area (TPSA) is 72.6 Å². The van der Waals surface area contributed by atoms with Crippen molar-refractivity contribution < 1.29 is 13.2 Å². The number of rotatable bonds is 3. The molecule has 0 amide bonds. The Balaban J connectivity index is 2.03. The highest BCUT2D eigenvalue weighted by atomic mass is 32.2. The molecule has 2 aliphatic rings. The molecular formula is C12H24N2O3S. The first-order valence-corrected chi connectivity index (χ1v) is 8.70. The number of sulfone groups is 1. The molecule has 0 aromatic carbocycles. The summed E-state index contributed by atoms with van der Waals surface area (Å²) in [6.07, 6.45) is 5.02. The summed E-state index contributed by atoms with van der Waals surface area (Å²) in [4.78, 5) is 2.38. The first-order valence-electron chi connectivity index (χ1n) is 6.74. The summed E-state index contributed by atoms with van der Waals surface area (Å²) >= 11 is 0. The smallest absolute Gasteiger partial charge is 0.150 e. The van der Waals surface area contributed by atoms with Gasteiger partial charge >= 0.3 is 0 Å². The molecule has 0 aromatic rings. The number of nitrogens with two attached hydrogens (primary N) is 1. The molecule has 1 saturated heterocycles. The van der Waals surface area contributed by atoms with Crippen LogP contribution in [-0.4, -0.2) is 63.2 Å². The standard InChI is InChI=1S/C12H24N2O3S/c1-18(15,16)12-4-2-3-10(7-12)14-5-6-17-9-11(14)8-13/h10-12H,2-9,13H2,1H3. The molecule has 1 heterocycles. The third kappa shape index (κ3) is 3.23. The summed E-state index contributed by atoms with van der Waals surface area (Å²) < 4.78 is 28.8. The zero-order valence-corrected chi connectivity index (χ0v) is 11.9. The molecule has 0 radical (unpaired) electrons. The van der Waals surface area contributed by atoms with Crippen LogP contribution in [0.15, 0.2) is 0 Å². The third-order valence-corrected chi connectivity index (χ3v) is 5.86. The molecule has 5 nitrogen and oxygen atoms in total. The maximum Gasteiger partial charge on any atom is 0.150 e. The van der Waals surface area contributed by atoms with Gasteiger partial charge in [0.25, 0.3) is 0 Å². The average Bonchev–Trinajstić information content (AvgIpc) is 2.38. The fraction of sp³-hybridized carbons (Fsp3) is 1.00. The monoisotopic (exact) mass is 276 g/mol. The van der Waals surface area contributed by atoms with Gasteiger partial charge in [-0.2, -0.15) is 0 Å². The predicted octanol–water partition coefficient (Wildman–Crippen LogP) is 0.00170. The molecule has 2 rings (SSSR count). The number of hydrogen-bond donors (Lipinski definition) is 1. The number of ether oxygens (including phenoxy) is 1. The van der Waals surface area contributed by atoms with Crippen LogP contribution in [0.1, 0.15) is 25.7 Å². The van der Waals surface area contributed by atoms with Crippen molar-refractivity contribution in [2.24, 2.45) is 5.73 Å². The molecule has 3 atom stereocenters. The summed E-state index contributed by atoms with van der Waals surface area (Å²) in [5, 5.41) is -0.169. The van der Waals surface area contributed by atoms with E-state index in [0.717, 1.165) is 38.8 Å². The van der Waals surface area contributed by atoms with Crippen molar-refractivity contribution in [2.75, 3.05) is 32.6 Å². The van der Waals surface area contributed by atoms with Crippen LogP contribution in [-0.2, 0) is 14.6 Å². The first kappa shape index (κ1) is 14.2. The lowest BCUT2D eigenvalue weighted by Gasteiger charge is -2.43. The Morgan fingerprint density at radius 1 is 1.39 bits per heavy atom. The Hall–Kier alpha value is -0.170. The van der Waals surface area contributed by atoms with E-state index in [0.29, 0.717) is 19.2 Å². The molecule has 0 spiro atoms. The van der Waals surface area contributed by atoms with Crippen molar-refractivity contribution in [3.63, 3.8) is 0 Å². The third-order valence-electron chi connectivity index (χ3n) is 4.22. The van der Waals surface area contributed by atoms with Crippen LogP contribution >= 0.6 is 0 Å². The molecule has 2 N–H and O–H groups in total. The minimum atomic E-state index is -2.91. The minimum absolute atomic E-state index is 0.169. The zero-order valence-electron chi connectivity index (χ0n) is 11.0. The van der Waals surface area contributed by atoms with Crippen molar-refractivity contribution in [2.45, 2.75) is 43.0 Å². The van der Waals surface area contributed by atoms with E-state index in [9.17, 15) is 8.42 Å². The van der Waals surface area contributed by atoms with Crippen LogP contribution in [0.2, 0.25) is 0 Å². The van der Waals surface area contributed by atoms with Gasteiger partial charge in [0.2, 0.25) is 0 Å². The summed E-state index contributed by atoms with van der Waals surface area (Å²) in [5.74, 6) is 0. The van der Waals surface area contributed by atoms with Crippen LogP contribution in [0.5, 0.6) is 0 Å². The van der Waals surface area contributed by atoms with E-state index < -0.39 is 9.84 Å². The number of morpholine rings is 1. The van der Waals surface area contributed by atoms with Gasteiger partial charge < -0.3 is 10.5 Å². The van der Waals surface area contributed by atoms with Crippen molar-refractivity contribution in [3.05, 3.63) is 0 Å². The molecule has 3 unspecified atom stereocenters. The Morgan fingerprint density at radius 3 is 2.83 bits per heavy atom. The lowest BCUT2D eigenvalue weighted by Crippen LogP contribution is -2.55. The van der Waals surface area contributed by atoms with Gasteiger partial charge in [0.1, 0.15) is 9.84 Å². The van der Waals surface area contributed by atoms with Crippen LogP contribution in [0.25, 0.3) is 0 Å². The van der Waals surface area contributed by atoms with Crippen LogP contribution in [0.3, 0.4) is 0 Å². The molecule has 6 heteroatoms. The molecule has 106 valence electrons. The second-order valence-electron chi connectivity index (χ2n) is 5.47. The average molecular weight is 276 g/mol. The molecule has 0 bridgehead atoms. The summed E-state index contributed by atoms with van der Waals surface area (Å²) in [6, 6.07) is 0.609. The molecular weight excluding hydrogens is 252 g/mol. The Labute approximate surface area is 110 Å². The summed E-state index contributed by atoms with van der Waals surface area (Å²) in [5.41, 5.74) is 5.78. The molecule has 1 aliphatic heterocycles. The van der Waals surface area contributed by atoms with Crippen molar-refractivity contribution in [1.29, 1.82) is 0 Å². The Bertz CT molecular complexity index is 372. The van der Waals surface area contributed by atoms with Gasteiger partial charge in [-0.1, -0.05) is 6.42 Å². The molecule has 2 fully saturated rings. The fourth-order valence-electron chi connectivity index (χ4n) is 3.16. The Kier molecular flexibility index (Phi) is 4.64. The summed E-state index contributed by atoms with van der Waals surface area (Å²) in [6.45, 7) is 2.87. The van der Waals surface area contributed by atoms with E-state index in [4.69, 9.17) is 10.5 Å². The van der Waals surface area contributed by atoms with Gasteiger partial charge in [-0.3, -0.25) is 4.90 Å².